The first kappa shape index (κ1) is 49.2. The van der Waals surface area contributed by atoms with Gasteiger partial charge in [-0.2, -0.15) is 0 Å². The lowest BCUT2D eigenvalue weighted by atomic mass is 9.36. The lowest BCUT2D eigenvalue weighted by Crippen LogP contribution is -2.55. The Morgan fingerprint density at radius 3 is 1.62 bits per heavy atom. The van der Waals surface area contributed by atoms with Crippen molar-refractivity contribution in [3.63, 3.8) is 0 Å². The fraction of sp³-hybridized carbons (Fsp3) is 0.333. The van der Waals surface area contributed by atoms with E-state index in [0.29, 0.717) is 0 Å². The summed E-state index contributed by atoms with van der Waals surface area (Å²) in [6.07, 6.45) is 4.70. The van der Waals surface area contributed by atoms with Crippen LogP contribution in [0.4, 0.5) is 34.1 Å². The number of fused-ring (bicyclic) bond motifs is 10. The molecule has 4 heteroatoms. The Kier molecular flexibility index (Phi) is 10.7. The van der Waals surface area contributed by atoms with E-state index in [4.69, 9.17) is 0 Å². The molecule has 76 heavy (non-hydrogen) atoms. The molecule has 8 aromatic carbocycles. The van der Waals surface area contributed by atoms with Gasteiger partial charge in [-0.15, -0.1) is 11.3 Å². The molecule has 0 N–H and O–H groups in total. The predicted molar refractivity (Wildman–Crippen MR) is 332 cm³/mol. The minimum atomic E-state index is 0.0304. The maximum Gasteiger partial charge on any atom is 0.248 e. The summed E-state index contributed by atoms with van der Waals surface area (Å²) in [7, 11) is 0. The highest BCUT2D eigenvalue weighted by Crippen LogP contribution is 2.53. The number of rotatable bonds is 5. The minimum Gasteiger partial charge on any atom is -0.311 e. The molecule has 0 bridgehead atoms. The van der Waals surface area contributed by atoms with Crippen molar-refractivity contribution in [3.8, 4) is 22.3 Å². The van der Waals surface area contributed by atoms with Gasteiger partial charge in [0.05, 0.1) is 0 Å². The van der Waals surface area contributed by atoms with Gasteiger partial charge >= 0.3 is 0 Å². The van der Waals surface area contributed by atoms with Crippen molar-refractivity contribution in [2.24, 2.45) is 0 Å². The molecule has 0 fully saturated rings. The van der Waals surface area contributed by atoms with Crippen molar-refractivity contribution in [3.05, 3.63) is 185 Å². The predicted octanol–water partition coefficient (Wildman–Crippen LogP) is 18.8. The Balaban J connectivity index is 1.11. The van der Waals surface area contributed by atoms with Crippen LogP contribution >= 0.6 is 11.3 Å². The molecule has 3 heterocycles. The van der Waals surface area contributed by atoms with E-state index >= 15 is 0 Å². The van der Waals surface area contributed by atoms with Crippen molar-refractivity contribution >= 4 is 88.7 Å². The summed E-state index contributed by atoms with van der Waals surface area (Å²) in [4.78, 5) is 5.23. The Bertz CT molecular complexity index is 3790. The van der Waals surface area contributed by atoms with E-state index in [9.17, 15) is 0 Å². The number of nitrogens with zero attached hydrogens (tertiary/aromatic N) is 2. The third-order valence-electron chi connectivity index (χ3n) is 18.9. The zero-order valence-corrected chi connectivity index (χ0v) is 48.5. The second-order valence-corrected chi connectivity index (χ2v) is 29.0. The van der Waals surface area contributed by atoms with Crippen LogP contribution in [0.5, 0.6) is 0 Å². The van der Waals surface area contributed by atoms with Crippen molar-refractivity contribution in [1.82, 2.24) is 0 Å². The first-order valence-corrected chi connectivity index (χ1v) is 29.1. The van der Waals surface area contributed by atoms with Gasteiger partial charge < -0.3 is 9.80 Å². The lowest BCUT2D eigenvalue weighted by Gasteiger charge is -2.45. The maximum atomic E-state index is 2.72. The topological polar surface area (TPSA) is 6.48 Å². The molecular weight excluding hydrogens is 936 g/mol. The van der Waals surface area contributed by atoms with Crippen LogP contribution in [0, 0.1) is 0 Å². The Morgan fingerprint density at radius 2 is 1.00 bits per heavy atom. The van der Waals surface area contributed by atoms with E-state index in [0.717, 1.165) is 17.8 Å². The smallest absolute Gasteiger partial charge is 0.248 e. The SMILES string of the molecule is CC(C)(C)c1ccc(N(c2ccc(C(C)(C)C)cc2)c2ccc3c(c2)B2c4cc5c(cc4N(c4ccc6c(c4)C(C)(C)CCC6(C)C)c4cc(-c6cccc7sc8ccccc8c67)cc-3c42)C(C)(C)CCC5(C)C)cc1. The molecule has 0 saturated carbocycles. The highest BCUT2D eigenvalue weighted by molar-refractivity contribution is 7.26. The lowest BCUT2D eigenvalue weighted by molar-refractivity contribution is 0.332. The monoisotopic (exact) mass is 1010 g/mol. The number of thiophene rings is 1. The zero-order chi connectivity index (χ0) is 53.2. The maximum absolute atomic E-state index is 2.72. The Labute approximate surface area is 458 Å². The molecule has 2 aliphatic heterocycles. The van der Waals surface area contributed by atoms with Crippen molar-refractivity contribution in [1.29, 1.82) is 0 Å². The largest absolute Gasteiger partial charge is 0.311 e. The molecule has 0 atom stereocenters. The minimum absolute atomic E-state index is 0.0304. The van der Waals surface area contributed by atoms with Gasteiger partial charge in [0.1, 0.15) is 0 Å². The Morgan fingerprint density at radius 1 is 0.447 bits per heavy atom. The highest BCUT2D eigenvalue weighted by Gasteiger charge is 2.47. The summed E-state index contributed by atoms with van der Waals surface area (Å²) in [5.74, 6) is 0. The van der Waals surface area contributed by atoms with Gasteiger partial charge in [-0.25, -0.2) is 0 Å². The molecule has 2 aliphatic carbocycles. The van der Waals surface area contributed by atoms with E-state index in [1.54, 1.807) is 0 Å². The van der Waals surface area contributed by atoms with Gasteiger partial charge in [0.25, 0.3) is 0 Å². The number of benzene rings is 8. The van der Waals surface area contributed by atoms with E-state index in [1.807, 2.05) is 11.3 Å². The van der Waals surface area contributed by atoms with Gasteiger partial charge in [-0.1, -0.05) is 175 Å². The molecular formula is C72H75BN2S. The molecule has 0 amide bonds. The molecule has 13 rings (SSSR count). The first-order chi connectivity index (χ1) is 35.9. The molecule has 0 unspecified atom stereocenters. The zero-order valence-electron chi connectivity index (χ0n) is 47.6. The van der Waals surface area contributed by atoms with E-state index < -0.39 is 0 Å². The molecule has 0 spiro atoms. The second-order valence-electron chi connectivity index (χ2n) is 27.9. The van der Waals surface area contributed by atoms with Crippen LogP contribution < -0.4 is 26.2 Å². The van der Waals surface area contributed by atoms with Crippen LogP contribution in [0.3, 0.4) is 0 Å². The molecule has 4 aliphatic rings. The van der Waals surface area contributed by atoms with Crippen LogP contribution in [0.15, 0.2) is 152 Å². The number of hydrogen-bond acceptors (Lipinski definition) is 3. The van der Waals surface area contributed by atoms with Crippen LogP contribution in [-0.4, -0.2) is 6.71 Å². The molecule has 1 aromatic heterocycles. The molecule has 9 aromatic rings. The summed E-state index contributed by atoms with van der Waals surface area (Å²) in [6, 6.07) is 60.2. The molecule has 382 valence electrons. The van der Waals surface area contributed by atoms with Crippen molar-refractivity contribution in [2.45, 2.75) is 155 Å². The van der Waals surface area contributed by atoms with Gasteiger partial charge in [-0.05, 0) is 204 Å². The summed E-state index contributed by atoms with van der Waals surface area (Å²) in [6.45, 7) is 33.7. The molecule has 2 nitrogen and oxygen atoms in total. The third kappa shape index (κ3) is 7.61. The summed E-state index contributed by atoms with van der Waals surface area (Å²) in [5, 5.41) is 2.68. The van der Waals surface area contributed by atoms with E-state index in [1.165, 1.54) is 134 Å². The average molecular weight is 1010 g/mol. The molecule has 0 saturated heterocycles. The summed E-state index contributed by atoms with van der Waals surface area (Å²) < 4.78 is 2.67. The normalized spacial score (nSPS) is 17.5. The highest BCUT2D eigenvalue weighted by atomic mass is 32.1. The Hall–Kier alpha value is -6.36. The summed E-state index contributed by atoms with van der Waals surface area (Å²) >= 11 is 1.91. The fourth-order valence-electron chi connectivity index (χ4n) is 14.0. The van der Waals surface area contributed by atoms with Crippen molar-refractivity contribution in [2.75, 3.05) is 9.80 Å². The third-order valence-corrected chi connectivity index (χ3v) is 20.1. The van der Waals surface area contributed by atoms with Crippen molar-refractivity contribution < 1.29 is 0 Å². The second kappa shape index (κ2) is 16.6. The quantitative estimate of drug-likeness (QED) is 0.159. The summed E-state index contributed by atoms with van der Waals surface area (Å²) in [5.41, 5.74) is 25.9. The standard InChI is InChI=1S/C72H75BN2S/c1-67(2,3)45-22-26-47(27-23-45)74(48-28-24-46(25-29-48)68(4,5)6)50-30-32-52-54-38-44(51-19-17-21-64-65(51)53-18-15-16-20-63(53)76-64)39-62-66(54)73(59(52)41-50)60-42-57-58(72(13,14)37-36-71(57,11)12)43-61(60)75(62)49-31-33-55-56(40-49)70(9,10)35-34-69(55,7)8/h15-33,38-43H,34-37H2,1-14H3. The fourth-order valence-corrected chi connectivity index (χ4v) is 15.1. The van der Waals surface area contributed by atoms with Gasteiger partial charge in [0.15, 0.2) is 0 Å². The van der Waals surface area contributed by atoms with Gasteiger partial charge in [-0.3, -0.25) is 0 Å². The first-order valence-electron chi connectivity index (χ1n) is 28.3. The number of anilines is 6. The van der Waals surface area contributed by atoms with Crippen LogP contribution in [0.2, 0.25) is 0 Å². The average Bonchev–Trinajstić information content (AvgIpc) is 4.00. The van der Waals surface area contributed by atoms with Gasteiger partial charge in [0, 0.05) is 54.3 Å². The molecule has 0 radical (unpaired) electrons. The van der Waals surface area contributed by atoms with E-state index in [2.05, 4.69) is 258 Å². The van der Waals surface area contributed by atoms with Crippen LogP contribution in [-0.2, 0) is 32.5 Å². The van der Waals surface area contributed by atoms with Crippen LogP contribution in [0.1, 0.15) is 156 Å². The van der Waals surface area contributed by atoms with Gasteiger partial charge in [0.2, 0.25) is 6.71 Å². The van der Waals surface area contributed by atoms with Crippen LogP contribution in [0.25, 0.3) is 42.4 Å². The van der Waals surface area contributed by atoms with E-state index in [-0.39, 0.29) is 39.2 Å². The number of hydrogen-bond donors (Lipinski definition) is 0.